The van der Waals surface area contributed by atoms with Gasteiger partial charge < -0.3 is 11.1 Å². The van der Waals surface area contributed by atoms with Crippen molar-refractivity contribution in [3.05, 3.63) is 35.1 Å². The Kier molecular flexibility index (Phi) is 3.97. The highest BCUT2D eigenvalue weighted by Gasteiger charge is 2.24. The summed E-state index contributed by atoms with van der Waals surface area (Å²) in [7, 11) is 0. The Hall–Kier alpha value is -1.42. The van der Waals surface area contributed by atoms with Crippen molar-refractivity contribution in [1.29, 1.82) is 0 Å². The third kappa shape index (κ3) is 2.70. The first-order valence-electron chi connectivity index (χ1n) is 6.41. The number of nitrogens with one attached hydrogen (secondary N) is 1. The second-order valence-corrected chi connectivity index (χ2v) is 4.96. The highest BCUT2D eigenvalue weighted by Crippen LogP contribution is 2.18. The van der Waals surface area contributed by atoms with Gasteiger partial charge in [-0.3, -0.25) is 4.79 Å². The van der Waals surface area contributed by atoms with Gasteiger partial charge in [0.1, 0.15) is 5.82 Å². The van der Waals surface area contributed by atoms with Crippen LogP contribution in [0.5, 0.6) is 0 Å². The fourth-order valence-corrected chi connectivity index (χ4v) is 2.41. The van der Waals surface area contributed by atoms with Crippen LogP contribution in [-0.4, -0.2) is 18.0 Å². The van der Waals surface area contributed by atoms with Crippen LogP contribution in [0.15, 0.2) is 18.2 Å². The lowest BCUT2D eigenvalue weighted by atomic mass is 9.91. The molecular weight excluding hydrogens is 231 g/mol. The zero-order valence-corrected chi connectivity index (χ0v) is 10.6. The number of hydrogen-bond donors (Lipinski definition) is 2. The smallest absolute Gasteiger partial charge is 0.254 e. The Balaban J connectivity index is 2.09. The molecule has 0 spiro atoms. The summed E-state index contributed by atoms with van der Waals surface area (Å²) < 4.78 is 13.8. The molecule has 18 heavy (non-hydrogen) atoms. The van der Waals surface area contributed by atoms with Crippen LogP contribution in [0.1, 0.15) is 41.6 Å². The van der Waals surface area contributed by atoms with E-state index >= 15 is 0 Å². The molecule has 1 aliphatic rings. The summed E-state index contributed by atoms with van der Waals surface area (Å²) in [5.74, 6) is -0.807. The van der Waals surface area contributed by atoms with Gasteiger partial charge in [0.05, 0.1) is 5.56 Å². The minimum atomic E-state index is -0.445. The Bertz CT molecular complexity index is 447. The predicted octanol–water partition coefficient (Wildman–Crippen LogP) is 2.13. The first-order chi connectivity index (χ1) is 8.59. The number of halogens is 1. The number of benzene rings is 1. The first kappa shape index (κ1) is 13.0. The highest BCUT2D eigenvalue weighted by molar-refractivity contribution is 5.94. The molecule has 0 saturated heterocycles. The monoisotopic (exact) mass is 250 g/mol. The zero-order valence-electron chi connectivity index (χ0n) is 10.6. The largest absolute Gasteiger partial charge is 0.348 e. The van der Waals surface area contributed by atoms with Gasteiger partial charge in [0.25, 0.3) is 5.91 Å². The average Bonchev–Trinajstić information content (AvgIpc) is 2.35. The molecule has 1 aliphatic carbocycles. The Morgan fingerprint density at radius 2 is 2.11 bits per heavy atom. The van der Waals surface area contributed by atoms with E-state index in [2.05, 4.69) is 5.32 Å². The van der Waals surface area contributed by atoms with Crippen molar-refractivity contribution in [3.8, 4) is 0 Å². The fourth-order valence-electron chi connectivity index (χ4n) is 2.41. The number of carbonyl (C=O) groups is 1. The van der Waals surface area contributed by atoms with Crippen LogP contribution in [0, 0.1) is 12.7 Å². The minimum Gasteiger partial charge on any atom is -0.348 e. The molecule has 1 aromatic carbocycles. The van der Waals surface area contributed by atoms with Crippen LogP contribution < -0.4 is 11.1 Å². The normalized spacial score (nSPS) is 23.7. The van der Waals surface area contributed by atoms with Gasteiger partial charge in [-0.1, -0.05) is 25.0 Å². The van der Waals surface area contributed by atoms with E-state index in [9.17, 15) is 9.18 Å². The quantitative estimate of drug-likeness (QED) is 0.845. The summed E-state index contributed by atoms with van der Waals surface area (Å²) in [6.07, 6.45) is 3.96. The summed E-state index contributed by atoms with van der Waals surface area (Å²) in [5.41, 5.74) is 6.55. The number of carbonyl (C=O) groups excluding carboxylic acids is 1. The Labute approximate surface area is 107 Å². The second-order valence-electron chi connectivity index (χ2n) is 4.96. The number of amides is 1. The van der Waals surface area contributed by atoms with E-state index in [4.69, 9.17) is 5.73 Å². The standard InChI is InChI=1S/C14H19FN2O/c1-9-5-4-6-10(13(9)15)14(18)17-12-8-3-2-7-11(12)16/h4-6,11-12H,2-3,7-8,16H2,1H3,(H,17,18)/t11-,12-/m1/s1. The van der Waals surface area contributed by atoms with Crippen molar-refractivity contribution in [1.82, 2.24) is 5.32 Å². The van der Waals surface area contributed by atoms with E-state index in [1.807, 2.05) is 0 Å². The van der Waals surface area contributed by atoms with Gasteiger partial charge in [0.15, 0.2) is 0 Å². The van der Waals surface area contributed by atoms with Crippen molar-refractivity contribution in [2.75, 3.05) is 0 Å². The topological polar surface area (TPSA) is 55.1 Å². The Morgan fingerprint density at radius 1 is 1.39 bits per heavy atom. The molecule has 2 rings (SSSR count). The summed E-state index contributed by atoms with van der Waals surface area (Å²) >= 11 is 0. The van der Waals surface area contributed by atoms with Crippen LogP contribution in [0.2, 0.25) is 0 Å². The fraction of sp³-hybridized carbons (Fsp3) is 0.500. The molecule has 0 aliphatic heterocycles. The molecule has 1 aromatic rings. The molecule has 3 N–H and O–H groups in total. The maximum atomic E-state index is 13.8. The maximum absolute atomic E-state index is 13.8. The lowest BCUT2D eigenvalue weighted by Crippen LogP contribution is -2.49. The van der Waals surface area contributed by atoms with Gasteiger partial charge in [-0.05, 0) is 31.4 Å². The lowest BCUT2D eigenvalue weighted by Gasteiger charge is -2.29. The zero-order chi connectivity index (χ0) is 13.1. The molecule has 98 valence electrons. The lowest BCUT2D eigenvalue weighted by molar-refractivity contribution is 0.0917. The maximum Gasteiger partial charge on any atom is 0.254 e. The van der Waals surface area contributed by atoms with Gasteiger partial charge in [0, 0.05) is 12.1 Å². The van der Waals surface area contributed by atoms with Crippen molar-refractivity contribution in [3.63, 3.8) is 0 Å². The van der Waals surface area contributed by atoms with Crippen molar-refractivity contribution in [2.24, 2.45) is 5.73 Å². The van der Waals surface area contributed by atoms with Crippen LogP contribution in [-0.2, 0) is 0 Å². The molecule has 0 bridgehead atoms. The number of aryl methyl sites for hydroxylation is 1. The van der Waals surface area contributed by atoms with Crippen LogP contribution in [0.25, 0.3) is 0 Å². The van der Waals surface area contributed by atoms with Crippen LogP contribution >= 0.6 is 0 Å². The van der Waals surface area contributed by atoms with Crippen molar-refractivity contribution >= 4 is 5.91 Å². The second kappa shape index (κ2) is 5.48. The van der Waals surface area contributed by atoms with E-state index in [1.54, 1.807) is 19.1 Å². The molecule has 0 heterocycles. The van der Waals surface area contributed by atoms with E-state index in [1.165, 1.54) is 6.07 Å². The van der Waals surface area contributed by atoms with Gasteiger partial charge >= 0.3 is 0 Å². The number of nitrogens with two attached hydrogens (primary N) is 1. The summed E-state index contributed by atoms with van der Waals surface area (Å²) in [6.45, 7) is 1.65. The minimum absolute atomic E-state index is 0.0180. The summed E-state index contributed by atoms with van der Waals surface area (Å²) in [5, 5.41) is 2.85. The van der Waals surface area contributed by atoms with Crippen LogP contribution in [0.4, 0.5) is 4.39 Å². The summed E-state index contributed by atoms with van der Waals surface area (Å²) in [6, 6.07) is 4.79. The van der Waals surface area contributed by atoms with Gasteiger partial charge in [0.2, 0.25) is 0 Å². The van der Waals surface area contributed by atoms with Crippen LogP contribution in [0.3, 0.4) is 0 Å². The van der Waals surface area contributed by atoms with Crippen molar-refractivity contribution < 1.29 is 9.18 Å². The average molecular weight is 250 g/mol. The molecule has 4 heteroatoms. The van der Waals surface area contributed by atoms with Gasteiger partial charge in [-0.15, -0.1) is 0 Å². The van der Waals surface area contributed by atoms with E-state index in [0.29, 0.717) is 5.56 Å². The third-order valence-electron chi connectivity index (χ3n) is 3.57. The Morgan fingerprint density at radius 3 is 2.83 bits per heavy atom. The number of hydrogen-bond acceptors (Lipinski definition) is 2. The van der Waals surface area contributed by atoms with E-state index in [-0.39, 0.29) is 23.6 Å². The molecule has 1 amide bonds. The molecular formula is C14H19FN2O. The molecule has 2 atom stereocenters. The van der Waals surface area contributed by atoms with E-state index in [0.717, 1.165) is 25.7 Å². The summed E-state index contributed by atoms with van der Waals surface area (Å²) in [4.78, 5) is 12.0. The molecule has 0 aromatic heterocycles. The third-order valence-corrected chi connectivity index (χ3v) is 3.57. The van der Waals surface area contributed by atoms with Gasteiger partial charge in [-0.2, -0.15) is 0 Å². The molecule has 1 saturated carbocycles. The number of rotatable bonds is 2. The molecule has 0 unspecified atom stereocenters. The first-order valence-corrected chi connectivity index (χ1v) is 6.41. The molecule has 3 nitrogen and oxygen atoms in total. The van der Waals surface area contributed by atoms with E-state index < -0.39 is 5.82 Å². The SMILES string of the molecule is Cc1cccc(C(=O)N[C@@H]2CCCC[C@H]2N)c1F. The van der Waals surface area contributed by atoms with Gasteiger partial charge in [-0.25, -0.2) is 4.39 Å². The predicted molar refractivity (Wildman–Crippen MR) is 68.8 cm³/mol. The highest BCUT2D eigenvalue weighted by atomic mass is 19.1. The molecule has 1 fully saturated rings. The molecule has 0 radical (unpaired) electrons. The van der Waals surface area contributed by atoms with Crippen molar-refractivity contribution in [2.45, 2.75) is 44.7 Å².